The SMILES string of the molecule is CC(C)(C)OC(=O)N1CCCN(c2nc(Cl)nc3sc(-c4ccccc4)cc23)CC1. The smallest absolute Gasteiger partial charge is 0.410 e. The number of anilines is 1. The van der Waals surface area contributed by atoms with Gasteiger partial charge < -0.3 is 14.5 Å². The van der Waals surface area contributed by atoms with Crippen LogP contribution in [-0.4, -0.2) is 52.7 Å². The fourth-order valence-corrected chi connectivity index (χ4v) is 4.75. The highest BCUT2D eigenvalue weighted by atomic mass is 35.5. The van der Waals surface area contributed by atoms with Crippen LogP contribution >= 0.6 is 22.9 Å². The van der Waals surface area contributed by atoms with E-state index in [2.05, 4.69) is 33.1 Å². The monoisotopic (exact) mass is 444 g/mol. The molecule has 4 rings (SSSR count). The third kappa shape index (κ3) is 4.68. The predicted octanol–water partition coefficient (Wildman–Crippen LogP) is 5.46. The second kappa shape index (κ2) is 8.40. The summed E-state index contributed by atoms with van der Waals surface area (Å²) in [6.07, 6.45) is 0.565. The van der Waals surface area contributed by atoms with Crippen molar-refractivity contribution in [3.63, 3.8) is 0 Å². The van der Waals surface area contributed by atoms with E-state index in [1.165, 1.54) is 0 Å². The molecule has 0 spiro atoms. The average molecular weight is 445 g/mol. The standard InChI is InChI=1S/C22H25ClN4O2S/c1-22(2,3)29-21(28)27-11-7-10-26(12-13-27)18-16-14-17(15-8-5-4-6-9-15)30-19(16)25-20(23)24-18/h4-6,8-9,14H,7,10-13H2,1-3H3. The molecule has 158 valence electrons. The minimum absolute atomic E-state index is 0.243. The fraction of sp³-hybridized carbons (Fsp3) is 0.409. The molecular formula is C22H25ClN4O2S. The lowest BCUT2D eigenvalue weighted by Gasteiger charge is -2.26. The van der Waals surface area contributed by atoms with Gasteiger partial charge in [0, 0.05) is 31.1 Å². The first-order valence-electron chi connectivity index (χ1n) is 10.1. The van der Waals surface area contributed by atoms with Gasteiger partial charge in [0.05, 0.1) is 5.39 Å². The summed E-state index contributed by atoms with van der Waals surface area (Å²) < 4.78 is 5.54. The third-order valence-electron chi connectivity index (χ3n) is 4.85. The number of thiophene rings is 1. The summed E-state index contributed by atoms with van der Waals surface area (Å²) in [4.78, 5) is 27.5. The van der Waals surface area contributed by atoms with Gasteiger partial charge in [0.25, 0.3) is 0 Å². The lowest BCUT2D eigenvalue weighted by molar-refractivity contribution is 0.0263. The Morgan fingerprint density at radius 3 is 2.60 bits per heavy atom. The first-order chi connectivity index (χ1) is 14.3. The molecule has 0 bridgehead atoms. The van der Waals surface area contributed by atoms with Crippen molar-refractivity contribution in [1.82, 2.24) is 14.9 Å². The summed E-state index contributed by atoms with van der Waals surface area (Å²) in [5, 5.41) is 1.24. The molecule has 1 aliphatic heterocycles. The van der Waals surface area contributed by atoms with Crippen molar-refractivity contribution < 1.29 is 9.53 Å². The summed E-state index contributed by atoms with van der Waals surface area (Å²) in [7, 11) is 0. The van der Waals surface area contributed by atoms with Crippen LogP contribution in [0.3, 0.4) is 0 Å². The molecule has 3 aromatic rings. The molecule has 1 amide bonds. The molecule has 0 N–H and O–H groups in total. The number of carbonyl (C=O) groups is 1. The second-order valence-corrected chi connectivity index (χ2v) is 9.69. The highest BCUT2D eigenvalue weighted by Gasteiger charge is 2.26. The Balaban J connectivity index is 1.60. The Morgan fingerprint density at radius 1 is 1.10 bits per heavy atom. The van der Waals surface area contributed by atoms with Gasteiger partial charge in [-0.05, 0) is 50.4 Å². The number of nitrogens with zero attached hydrogens (tertiary/aromatic N) is 4. The van der Waals surface area contributed by atoms with Crippen molar-refractivity contribution in [3.8, 4) is 10.4 Å². The number of benzene rings is 1. The summed E-state index contributed by atoms with van der Waals surface area (Å²) in [6.45, 7) is 8.34. The van der Waals surface area contributed by atoms with Crippen LogP contribution in [0.4, 0.5) is 10.6 Å². The number of rotatable bonds is 2. The zero-order chi connectivity index (χ0) is 21.3. The van der Waals surface area contributed by atoms with Crippen molar-refractivity contribution in [3.05, 3.63) is 41.7 Å². The molecule has 1 aliphatic rings. The molecule has 3 heterocycles. The normalized spacial score (nSPS) is 15.3. The fourth-order valence-electron chi connectivity index (χ4n) is 3.51. The zero-order valence-corrected chi connectivity index (χ0v) is 19.0. The van der Waals surface area contributed by atoms with Crippen LogP contribution in [0, 0.1) is 0 Å². The molecule has 0 aliphatic carbocycles. The Labute approximate surface area is 185 Å². The van der Waals surface area contributed by atoms with E-state index in [9.17, 15) is 4.79 Å². The average Bonchev–Trinajstić information content (AvgIpc) is 2.95. The maximum Gasteiger partial charge on any atom is 0.410 e. The first kappa shape index (κ1) is 20.9. The number of carbonyl (C=O) groups excluding carboxylic acids is 1. The molecule has 8 heteroatoms. The van der Waals surface area contributed by atoms with Crippen molar-refractivity contribution in [2.45, 2.75) is 32.8 Å². The summed E-state index contributed by atoms with van der Waals surface area (Å²) in [5.41, 5.74) is 0.648. The van der Waals surface area contributed by atoms with E-state index >= 15 is 0 Å². The van der Waals surface area contributed by atoms with Crippen LogP contribution in [0.1, 0.15) is 27.2 Å². The third-order valence-corrected chi connectivity index (χ3v) is 6.10. The Morgan fingerprint density at radius 2 is 1.87 bits per heavy atom. The van der Waals surface area contributed by atoms with Gasteiger partial charge in [-0.25, -0.2) is 9.78 Å². The minimum atomic E-state index is -0.500. The second-order valence-electron chi connectivity index (χ2n) is 8.32. The van der Waals surface area contributed by atoms with Crippen LogP contribution in [0.25, 0.3) is 20.7 Å². The van der Waals surface area contributed by atoms with Gasteiger partial charge in [0.2, 0.25) is 5.28 Å². The first-order valence-corrected chi connectivity index (χ1v) is 11.2. The molecule has 0 unspecified atom stereocenters. The predicted molar refractivity (Wildman–Crippen MR) is 122 cm³/mol. The molecule has 1 aromatic carbocycles. The van der Waals surface area contributed by atoms with Gasteiger partial charge in [0.15, 0.2) is 0 Å². The van der Waals surface area contributed by atoms with Gasteiger partial charge in [0.1, 0.15) is 16.2 Å². The molecule has 1 fully saturated rings. The van der Waals surface area contributed by atoms with E-state index in [0.29, 0.717) is 19.6 Å². The largest absolute Gasteiger partial charge is 0.444 e. The highest BCUT2D eigenvalue weighted by molar-refractivity contribution is 7.22. The van der Waals surface area contributed by atoms with E-state index in [0.717, 1.165) is 39.4 Å². The zero-order valence-electron chi connectivity index (χ0n) is 17.4. The molecule has 0 saturated carbocycles. The molecule has 0 radical (unpaired) electrons. The van der Waals surface area contributed by atoms with Gasteiger partial charge in [-0.3, -0.25) is 0 Å². The van der Waals surface area contributed by atoms with Crippen LogP contribution in [0.15, 0.2) is 36.4 Å². The maximum absolute atomic E-state index is 12.5. The van der Waals surface area contributed by atoms with Crippen molar-refractivity contribution in [2.75, 3.05) is 31.1 Å². The van der Waals surface area contributed by atoms with Gasteiger partial charge in [-0.1, -0.05) is 30.3 Å². The Bertz CT molecular complexity index is 1050. The highest BCUT2D eigenvalue weighted by Crippen LogP contribution is 2.37. The van der Waals surface area contributed by atoms with Crippen LogP contribution in [0.5, 0.6) is 0 Å². The summed E-state index contributed by atoms with van der Waals surface area (Å²) in [5.74, 6) is 0.828. The van der Waals surface area contributed by atoms with Crippen LogP contribution in [0.2, 0.25) is 5.28 Å². The number of hydrogen-bond donors (Lipinski definition) is 0. The number of fused-ring (bicyclic) bond motifs is 1. The van der Waals surface area contributed by atoms with Crippen LogP contribution in [-0.2, 0) is 4.74 Å². The molecule has 2 aromatic heterocycles. The van der Waals surface area contributed by atoms with Crippen LogP contribution < -0.4 is 4.90 Å². The van der Waals surface area contributed by atoms with Crippen molar-refractivity contribution >= 4 is 45.1 Å². The van der Waals surface area contributed by atoms with Gasteiger partial charge in [-0.2, -0.15) is 4.98 Å². The Kier molecular flexibility index (Phi) is 5.84. The van der Waals surface area contributed by atoms with Gasteiger partial charge in [-0.15, -0.1) is 11.3 Å². The Hall–Kier alpha value is -2.38. The van der Waals surface area contributed by atoms with E-state index < -0.39 is 5.60 Å². The van der Waals surface area contributed by atoms with Crippen molar-refractivity contribution in [1.29, 1.82) is 0 Å². The molecule has 1 saturated heterocycles. The molecular weight excluding hydrogens is 420 g/mol. The lowest BCUT2D eigenvalue weighted by Crippen LogP contribution is -2.39. The van der Waals surface area contributed by atoms with Gasteiger partial charge >= 0.3 is 6.09 Å². The van der Waals surface area contributed by atoms with E-state index in [1.807, 2.05) is 39.0 Å². The minimum Gasteiger partial charge on any atom is -0.444 e. The van der Waals surface area contributed by atoms with E-state index in [4.69, 9.17) is 16.3 Å². The topological polar surface area (TPSA) is 58.6 Å². The van der Waals surface area contributed by atoms with Crippen molar-refractivity contribution in [2.24, 2.45) is 0 Å². The molecule has 6 nitrogen and oxygen atoms in total. The maximum atomic E-state index is 12.5. The molecule has 0 atom stereocenters. The number of amides is 1. The summed E-state index contributed by atoms with van der Waals surface area (Å²) >= 11 is 7.88. The number of halogens is 1. The lowest BCUT2D eigenvalue weighted by atomic mass is 10.2. The van der Waals surface area contributed by atoms with E-state index in [1.54, 1.807) is 16.2 Å². The number of hydrogen-bond acceptors (Lipinski definition) is 6. The molecule has 30 heavy (non-hydrogen) atoms. The number of aromatic nitrogens is 2. The summed E-state index contributed by atoms with van der Waals surface area (Å²) in [6, 6.07) is 12.4. The number of ether oxygens (including phenoxy) is 1. The van der Waals surface area contributed by atoms with E-state index in [-0.39, 0.29) is 11.4 Å². The quantitative estimate of drug-likeness (QED) is 0.491.